The minimum atomic E-state index is -4.65. The van der Waals surface area contributed by atoms with Crippen LogP contribution in [0.4, 0.5) is 38.0 Å². The second-order valence-corrected chi connectivity index (χ2v) is 8.40. The van der Waals surface area contributed by atoms with Gasteiger partial charge < -0.3 is 10.1 Å². The van der Waals surface area contributed by atoms with Gasteiger partial charge in [-0.2, -0.15) is 26.3 Å². The van der Waals surface area contributed by atoms with Crippen LogP contribution in [0.15, 0.2) is 48.8 Å². The molecule has 0 unspecified atom stereocenters. The molecule has 0 spiro atoms. The standard InChI is InChI=1S/C24H19F6N7O/c25-23(26,27)15-3-2-6-31-20(15)14-11-16-21(32-12-14)22(35-18-5-1-4-17(34-18)24(28,29)30)36-19(33-16)13-37-7-9-38-10-8-37/h1-6,11-12H,7-10,13H2,(H,33,34,35,36). The fourth-order valence-corrected chi connectivity index (χ4v) is 3.96. The Morgan fingerprint density at radius 1 is 0.895 bits per heavy atom. The van der Waals surface area contributed by atoms with Crippen LogP contribution in [0.1, 0.15) is 17.1 Å². The highest BCUT2D eigenvalue weighted by molar-refractivity contribution is 5.89. The van der Waals surface area contributed by atoms with Gasteiger partial charge in [-0.1, -0.05) is 6.07 Å². The summed E-state index contributed by atoms with van der Waals surface area (Å²) in [5, 5.41) is 2.77. The smallest absolute Gasteiger partial charge is 0.379 e. The van der Waals surface area contributed by atoms with Gasteiger partial charge in [-0.05, 0) is 30.3 Å². The maximum atomic E-state index is 13.6. The third-order valence-electron chi connectivity index (χ3n) is 5.72. The number of pyridine rings is 3. The van der Waals surface area contributed by atoms with Gasteiger partial charge in [0.25, 0.3) is 0 Å². The predicted molar refractivity (Wildman–Crippen MR) is 124 cm³/mol. The lowest BCUT2D eigenvalue weighted by molar-refractivity contribution is -0.141. The highest BCUT2D eigenvalue weighted by atomic mass is 19.4. The molecule has 4 aromatic rings. The normalized spacial score (nSPS) is 15.1. The Morgan fingerprint density at radius 2 is 1.68 bits per heavy atom. The quantitative estimate of drug-likeness (QED) is 0.354. The molecule has 198 valence electrons. The van der Waals surface area contributed by atoms with E-state index in [0.717, 1.165) is 12.1 Å². The van der Waals surface area contributed by atoms with Gasteiger partial charge >= 0.3 is 12.4 Å². The van der Waals surface area contributed by atoms with Crippen molar-refractivity contribution in [1.82, 2.24) is 29.8 Å². The van der Waals surface area contributed by atoms with Crippen LogP contribution in [0.3, 0.4) is 0 Å². The van der Waals surface area contributed by atoms with Crippen LogP contribution in [0.2, 0.25) is 0 Å². The van der Waals surface area contributed by atoms with Crippen LogP contribution in [-0.2, 0) is 23.6 Å². The number of alkyl halides is 6. The molecule has 5 heterocycles. The molecule has 1 aliphatic heterocycles. The maximum absolute atomic E-state index is 13.6. The van der Waals surface area contributed by atoms with Crippen molar-refractivity contribution in [2.45, 2.75) is 18.9 Å². The van der Waals surface area contributed by atoms with Crippen LogP contribution in [0, 0.1) is 0 Å². The average Bonchev–Trinajstić information content (AvgIpc) is 2.88. The number of ether oxygens (including phenoxy) is 1. The molecule has 38 heavy (non-hydrogen) atoms. The van der Waals surface area contributed by atoms with Gasteiger partial charge in [0.05, 0.1) is 36.5 Å². The molecule has 0 bridgehead atoms. The van der Waals surface area contributed by atoms with Crippen molar-refractivity contribution in [3.63, 3.8) is 0 Å². The SMILES string of the molecule is FC(F)(F)c1cccc(Nc2nc(CN3CCOCC3)nc3cc(-c4ncccc4C(F)(F)F)cnc23)n1. The number of fused-ring (bicyclic) bond motifs is 1. The average molecular weight is 535 g/mol. The van der Waals surface area contributed by atoms with E-state index in [4.69, 9.17) is 4.74 Å². The molecule has 1 saturated heterocycles. The van der Waals surface area contributed by atoms with Crippen LogP contribution >= 0.6 is 0 Å². The van der Waals surface area contributed by atoms with Crippen LogP contribution in [0.25, 0.3) is 22.3 Å². The summed E-state index contributed by atoms with van der Waals surface area (Å²) < 4.78 is 85.7. The lowest BCUT2D eigenvalue weighted by Gasteiger charge is -2.26. The molecular weight excluding hydrogens is 516 g/mol. The number of morpholine rings is 1. The van der Waals surface area contributed by atoms with E-state index >= 15 is 0 Å². The molecule has 5 rings (SSSR count). The van der Waals surface area contributed by atoms with Crippen molar-refractivity contribution >= 4 is 22.7 Å². The summed E-state index contributed by atoms with van der Waals surface area (Å²) in [6.07, 6.45) is -6.87. The molecule has 1 aliphatic rings. The van der Waals surface area contributed by atoms with Gasteiger partial charge in [0, 0.05) is 31.0 Å². The van der Waals surface area contributed by atoms with E-state index in [1.807, 2.05) is 4.90 Å². The number of nitrogens with zero attached hydrogens (tertiary/aromatic N) is 6. The van der Waals surface area contributed by atoms with Crippen LogP contribution < -0.4 is 5.32 Å². The number of halogens is 6. The summed E-state index contributed by atoms with van der Waals surface area (Å²) >= 11 is 0. The topological polar surface area (TPSA) is 89.0 Å². The molecule has 0 amide bonds. The van der Waals surface area contributed by atoms with Crippen LogP contribution in [0.5, 0.6) is 0 Å². The Labute approximate surface area is 211 Å². The number of aromatic nitrogens is 5. The molecule has 14 heteroatoms. The van der Waals surface area contributed by atoms with Gasteiger partial charge in [-0.15, -0.1) is 0 Å². The first-order chi connectivity index (χ1) is 18.1. The first-order valence-electron chi connectivity index (χ1n) is 11.4. The molecule has 0 saturated carbocycles. The Hall–Kier alpha value is -3.91. The predicted octanol–water partition coefficient (Wildman–Crippen LogP) is 5.10. The molecule has 1 fully saturated rings. The Balaban J connectivity index is 1.60. The van der Waals surface area contributed by atoms with Gasteiger partial charge in [0.15, 0.2) is 5.82 Å². The van der Waals surface area contributed by atoms with Crippen LogP contribution in [-0.4, -0.2) is 56.1 Å². The Kier molecular flexibility index (Phi) is 6.84. The van der Waals surface area contributed by atoms with Gasteiger partial charge in [0.1, 0.15) is 22.9 Å². The van der Waals surface area contributed by atoms with Crippen molar-refractivity contribution in [2.24, 2.45) is 0 Å². The van der Waals surface area contributed by atoms with E-state index < -0.39 is 23.6 Å². The summed E-state index contributed by atoms with van der Waals surface area (Å²) in [5.74, 6) is 0.227. The van der Waals surface area contributed by atoms with E-state index in [9.17, 15) is 26.3 Å². The minimum absolute atomic E-state index is 0.0636. The molecule has 0 aromatic carbocycles. The zero-order chi connectivity index (χ0) is 26.9. The van der Waals surface area contributed by atoms with E-state index in [1.54, 1.807) is 0 Å². The lowest BCUT2D eigenvalue weighted by atomic mass is 10.1. The lowest BCUT2D eigenvalue weighted by Crippen LogP contribution is -2.36. The zero-order valence-electron chi connectivity index (χ0n) is 19.5. The van der Waals surface area contributed by atoms with Gasteiger partial charge in [-0.3, -0.25) is 9.88 Å². The van der Waals surface area contributed by atoms with Crippen molar-refractivity contribution in [3.05, 3.63) is 65.9 Å². The van der Waals surface area contributed by atoms with Crippen molar-refractivity contribution in [3.8, 4) is 11.3 Å². The highest BCUT2D eigenvalue weighted by Crippen LogP contribution is 2.36. The van der Waals surface area contributed by atoms with Crippen molar-refractivity contribution in [2.75, 3.05) is 31.6 Å². The monoisotopic (exact) mass is 535 g/mol. The minimum Gasteiger partial charge on any atom is -0.379 e. The largest absolute Gasteiger partial charge is 0.433 e. The summed E-state index contributed by atoms with van der Waals surface area (Å²) in [6.45, 7) is 2.53. The molecule has 0 atom stereocenters. The second kappa shape index (κ2) is 10.1. The highest BCUT2D eigenvalue weighted by Gasteiger charge is 2.35. The third kappa shape index (κ3) is 5.65. The summed E-state index contributed by atoms with van der Waals surface area (Å²) in [7, 11) is 0. The van der Waals surface area contributed by atoms with E-state index in [1.165, 1.54) is 36.7 Å². The van der Waals surface area contributed by atoms with E-state index in [-0.39, 0.29) is 40.5 Å². The summed E-state index contributed by atoms with van der Waals surface area (Å²) in [4.78, 5) is 22.8. The molecule has 0 radical (unpaired) electrons. The Bertz CT molecular complexity index is 1450. The number of rotatable bonds is 5. The van der Waals surface area contributed by atoms with Crippen molar-refractivity contribution in [1.29, 1.82) is 0 Å². The molecule has 8 nitrogen and oxygen atoms in total. The molecule has 1 N–H and O–H groups in total. The molecule has 0 aliphatic carbocycles. The summed E-state index contributed by atoms with van der Waals surface area (Å²) in [5.41, 5.74) is -1.95. The van der Waals surface area contributed by atoms with E-state index in [0.29, 0.717) is 32.1 Å². The van der Waals surface area contributed by atoms with Gasteiger partial charge in [0.2, 0.25) is 0 Å². The van der Waals surface area contributed by atoms with Gasteiger partial charge in [-0.25, -0.2) is 19.9 Å². The fraction of sp³-hybridized carbons (Fsp3) is 0.292. The third-order valence-corrected chi connectivity index (χ3v) is 5.72. The molecular formula is C24H19F6N7O. The maximum Gasteiger partial charge on any atom is 0.433 e. The fourth-order valence-electron chi connectivity index (χ4n) is 3.96. The number of hydrogen-bond acceptors (Lipinski definition) is 8. The zero-order valence-corrected chi connectivity index (χ0v) is 19.5. The molecule has 4 aromatic heterocycles. The Morgan fingerprint density at radius 3 is 2.42 bits per heavy atom. The number of nitrogens with one attached hydrogen (secondary N) is 1. The first kappa shape index (κ1) is 25.7. The second-order valence-electron chi connectivity index (χ2n) is 8.40. The number of anilines is 2. The summed E-state index contributed by atoms with van der Waals surface area (Å²) in [6, 6.07) is 6.87. The number of hydrogen-bond donors (Lipinski definition) is 1. The first-order valence-corrected chi connectivity index (χ1v) is 11.4. The van der Waals surface area contributed by atoms with E-state index in [2.05, 4.69) is 30.2 Å². The van der Waals surface area contributed by atoms with Crippen molar-refractivity contribution < 1.29 is 31.1 Å².